The van der Waals surface area contributed by atoms with Gasteiger partial charge in [0, 0.05) is 6.54 Å². The maximum atomic E-state index is 11.6. The first kappa shape index (κ1) is 10.5. The molecule has 4 nitrogen and oxygen atoms in total. The Kier molecular flexibility index (Phi) is 2.78. The number of anilines is 1. The molecule has 0 aromatic heterocycles. The summed E-state index contributed by atoms with van der Waals surface area (Å²) in [5, 5.41) is 9.09. The van der Waals surface area contributed by atoms with Crippen molar-refractivity contribution in [1.29, 1.82) is 5.26 Å². The van der Waals surface area contributed by atoms with Crippen LogP contribution in [0, 0.1) is 18.3 Å². The van der Waals surface area contributed by atoms with E-state index in [0.717, 1.165) is 12.0 Å². The molecule has 0 atom stereocenters. The maximum absolute atomic E-state index is 11.6. The van der Waals surface area contributed by atoms with Crippen molar-refractivity contribution in [2.24, 2.45) is 0 Å². The van der Waals surface area contributed by atoms with Crippen LogP contribution in [0.4, 0.5) is 10.5 Å². The smallest absolute Gasteiger partial charge is 0.414 e. The predicted molar refractivity (Wildman–Crippen MR) is 59.2 cm³/mol. The minimum Gasteiger partial charge on any atom is -0.449 e. The molecule has 0 unspecified atom stereocenters. The average Bonchev–Trinajstić information content (AvgIpc) is 2.29. The van der Waals surface area contributed by atoms with E-state index in [9.17, 15) is 4.79 Å². The Bertz CT molecular complexity index is 463. The van der Waals surface area contributed by atoms with Crippen molar-refractivity contribution in [3.05, 3.63) is 29.3 Å². The molecule has 4 heteroatoms. The highest BCUT2D eigenvalue weighted by Crippen LogP contribution is 2.25. The van der Waals surface area contributed by atoms with Gasteiger partial charge in [0.2, 0.25) is 0 Å². The fourth-order valence-corrected chi connectivity index (χ4v) is 1.79. The number of rotatable bonds is 1. The largest absolute Gasteiger partial charge is 0.449 e. The molecule has 82 valence electrons. The van der Waals surface area contributed by atoms with E-state index in [0.29, 0.717) is 24.4 Å². The predicted octanol–water partition coefficient (Wildman–Crippen LogP) is 2.21. The standard InChI is InChI=1S/C12H12N2O2/c1-9-4-2-5-11(10(9)8-13)14-6-3-7-16-12(14)15/h2,4-5H,3,6-7H2,1H3. The second kappa shape index (κ2) is 4.23. The van der Waals surface area contributed by atoms with Crippen molar-refractivity contribution < 1.29 is 9.53 Å². The van der Waals surface area contributed by atoms with Crippen LogP contribution in [0.2, 0.25) is 0 Å². The Morgan fingerprint density at radius 1 is 1.50 bits per heavy atom. The lowest BCUT2D eigenvalue weighted by Crippen LogP contribution is -2.38. The normalized spacial score (nSPS) is 15.5. The molecular weight excluding hydrogens is 204 g/mol. The van der Waals surface area contributed by atoms with E-state index in [1.165, 1.54) is 4.90 Å². The van der Waals surface area contributed by atoms with Gasteiger partial charge >= 0.3 is 6.09 Å². The van der Waals surface area contributed by atoms with Crippen LogP contribution < -0.4 is 4.90 Å². The molecule has 0 radical (unpaired) electrons. The van der Waals surface area contributed by atoms with Crippen molar-refractivity contribution in [3.63, 3.8) is 0 Å². The number of carbonyl (C=O) groups is 1. The van der Waals surface area contributed by atoms with Crippen LogP contribution >= 0.6 is 0 Å². The van der Waals surface area contributed by atoms with E-state index in [4.69, 9.17) is 10.00 Å². The van der Waals surface area contributed by atoms with Gasteiger partial charge in [-0.05, 0) is 25.0 Å². The molecule has 0 N–H and O–H groups in total. The molecule has 1 aliphatic heterocycles. The van der Waals surface area contributed by atoms with E-state index in [2.05, 4.69) is 6.07 Å². The van der Waals surface area contributed by atoms with Crippen molar-refractivity contribution in [2.45, 2.75) is 13.3 Å². The van der Waals surface area contributed by atoms with Gasteiger partial charge < -0.3 is 4.74 Å². The van der Waals surface area contributed by atoms with Gasteiger partial charge in [0.05, 0.1) is 17.9 Å². The molecule has 1 fully saturated rings. The van der Waals surface area contributed by atoms with E-state index >= 15 is 0 Å². The molecule has 1 saturated heterocycles. The second-order valence-corrected chi connectivity index (χ2v) is 3.70. The summed E-state index contributed by atoms with van der Waals surface area (Å²) < 4.78 is 4.96. The Morgan fingerprint density at radius 3 is 3.00 bits per heavy atom. The molecule has 0 spiro atoms. The Labute approximate surface area is 94.0 Å². The fourth-order valence-electron chi connectivity index (χ4n) is 1.79. The van der Waals surface area contributed by atoms with Crippen molar-refractivity contribution in [1.82, 2.24) is 0 Å². The molecule has 1 amide bonds. The van der Waals surface area contributed by atoms with Gasteiger partial charge in [0.25, 0.3) is 0 Å². The fraction of sp³-hybridized carbons (Fsp3) is 0.333. The second-order valence-electron chi connectivity index (χ2n) is 3.70. The molecule has 16 heavy (non-hydrogen) atoms. The summed E-state index contributed by atoms with van der Waals surface area (Å²) >= 11 is 0. The van der Waals surface area contributed by atoms with Gasteiger partial charge in [-0.1, -0.05) is 12.1 Å². The van der Waals surface area contributed by atoms with Crippen LogP contribution in [0.5, 0.6) is 0 Å². The number of hydrogen-bond donors (Lipinski definition) is 0. The Morgan fingerprint density at radius 2 is 2.31 bits per heavy atom. The van der Waals surface area contributed by atoms with Crippen LogP contribution in [0.25, 0.3) is 0 Å². The molecule has 1 heterocycles. The highest BCUT2D eigenvalue weighted by Gasteiger charge is 2.23. The number of hydrogen-bond acceptors (Lipinski definition) is 3. The van der Waals surface area contributed by atoms with Gasteiger partial charge in [0.1, 0.15) is 6.07 Å². The molecule has 1 aliphatic rings. The number of cyclic esters (lactones) is 1. The first-order chi connectivity index (χ1) is 7.74. The van der Waals surface area contributed by atoms with E-state index in [-0.39, 0.29) is 6.09 Å². The maximum Gasteiger partial charge on any atom is 0.414 e. The SMILES string of the molecule is Cc1cccc(N2CCCOC2=O)c1C#N. The minimum atomic E-state index is -0.367. The lowest BCUT2D eigenvalue weighted by atomic mass is 10.1. The van der Waals surface area contributed by atoms with Crippen LogP contribution in [-0.2, 0) is 4.74 Å². The van der Waals surface area contributed by atoms with E-state index in [1.807, 2.05) is 19.1 Å². The van der Waals surface area contributed by atoms with Gasteiger partial charge in [-0.2, -0.15) is 5.26 Å². The monoisotopic (exact) mass is 216 g/mol. The summed E-state index contributed by atoms with van der Waals surface area (Å²) in [6.45, 7) is 2.93. The van der Waals surface area contributed by atoms with Crippen molar-refractivity contribution >= 4 is 11.8 Å². The topological polar surface area (TPSA) is 53.3 Å². The highest BCUT2D eigenvalue weighted by atomic mass is 16.6. The minimum absolute atomic E-state index is 0.367. The third kappa shape index (κ3) is 1.72. The summed E-state index contributed by atoms with van der Waals surface area (Å²) in [6.07, 6.45) is 0.429. The molecule has 1 aromatic rings. The van der Waals surface area contributed by atoms with Crippen molar-refractivity contribution in [2.75, 3.05) is 18.1 Å². The van der Waals surface area contributed by atoms with Crippen LogP contribution in [0.1, 0.15) is 17.5 Å². The lowest BCUT2D eigenvalue weighted by molar-refractivity contribution is 0.140. The third-order valence-electron chi connectivity index (χ3n) is 2.63. The molecule has 0 bridgehead atoms. The van der Waals surface area contributed by atoms with Crippen LogP contribution in [-0.4, -0.2) is 19.2 Å². The van der Waals surface area contributed by atoms with Gasteiger partial charge in [-0.15, -0.1) is 0 Å². The zero-order valence-electron chi connectivity index (χ0n) is 9.06. The summed E-state index contributed by atoms with van der Waals surface area (Å²) in [4.78, 5) is 13.1. The van der Waals surface area contributed by atoms with E-state index in [1.54, 1.807) is 6.07 Å². The quantitative estimate of drug-likeness (QED) is 0.723. The summed E-state index contributed by atoms with van der Waals surface area (Å²) in [5.74, 6) is 0. The first-order valence-electron chi connectivity index (χ1n) is 5.18. The van der Waals surface area contributed by atoms with Crippen molar-refractivity contribution in [3.8, 4) is 6.07 Å². The number of nitrogens with zero attached hydrogens (tertiary/aromatic N) is 2. The number of amides is 1. The Balaban J connectivity index is 2.43. The van der Waals surface area contributed by atoms with E-state index < -0.39 is 0 Å². The number of carbonyl (C=O) groups excluding carboxylic acids is 1. The van der Waals surface area contributed by atoms with Gasteiger partial charge in [0.15, 0.2) is 0 Å². The summed E-state index contributed by atoms with van der Waals surface area (Å²) in [6, 6.07) is 7.61. The number of ether oxygens (including phenoxy) is 1. The molecule has 2 rings (SSSR count). The summed E-state index contributed by atoms with van der Waals surface area (Å²) in [7, 11) is 0. The first-order valence-corrected chi connectivity index (χ1v) is 5.18. The third-order valence-corrected chi connectivity index (χ3v) is 2.63. The van der Waals surface area contributed by atoms with Gasteiger partial charge in [-0.25, -0.2) is 4.79 Å². The average molecular weight is 216 g/mol. The molecule has 0 saturated carbocycles. The highest BCUT2D eigenvalue weighted by molar-refractivity contribution is 5.90. The number of benzene rings is 1. The molecule has 1 aromatic carbocycles. The number of nitriles is 1. The van der Waals surface area contributed by atoms with Crippen LogP contribution in [0.3, 0.4) is 0 Å². The zero-order chi connectivity index (χ0) is 11.5. The van der Waals surface area contributed by atoms with Crippen LogP contribution in [0.15, 0.2) is 18.2 Å². The zero-order valence-corrected chi connectivity index (χ0v) is 9.06. The van der Waals surface area contributed by atoms with Gasteiger partial charge in [-0.3, -0.25) is 4.90 Å². The Hall–Kier alpha value is -2.02. The molecule has 0 aliphatic carbocycles. The molecular formula is C12H12N2O2. The summed E-state index contributed by atoms with van der Waals surface area (Å²) in [5.41, 5.74) is 2.06. The lowest BCUT2D eigenvalue weighted by Gasteiger charge is -2.27. The number of aryl methyl sites for hydroxylation is 1.